The van der Waals surface area contributed by atoms with Crippen molar-refractivity contribution in [3.63, 3.8) is 0 Å². The summed E-state index contributed by atoms with van der Waals surface area (Å²) in [4.78, 5) is 12.8. The lowest BCUT2D eigenvalue weighted by molar-refractivity contribution is 0.0939. The third kappa shape index (κ3) is 3.22. The monoisotopic (exact) mass is 337 g/mol. The fourth-order valence-corrected chi connectivity index (χ4v) is 3.23. The fraction of sp³-hybridized carbons (Fsp3) is 0.300. The summed E-state index contributed by atoms with van der Waals surface area (Å²) in [6.45, 7) is 9.78. The van der Waals surface area contributed by atoms with E-state index in [-0.39, 0.29) is 11.9 Å². The molecule has 3 aromatic rings. The van der Waals surface area contributed by atoms with Crippen molar-refractivity contribution in [2.45, 2.75) is 40.7 Å². The highest BCUT2D eigenvalue weighted by molar-refractivity contribution is 5.96. The largest absolute Gasteiger partial charge is 0.360 e. The number of hydrogen-bond donors (Lipinski definition) is 1. The first-order valence-corrected chi connectivity index (χ1v) is 8.37. The number of aryl methyl sites for hydroxylation is 3. The number of carbonyl (C=O) groups is 1. The minimum Gasteiger partial charge on any atom is -0.360 e. The van der Waals surface area contributed by atoms with Crippen LogP contribution in [0.4, 0.5) is 0 Å². The molecule has 2 heterocycles. The SMILES string of the molecule is Cc1cc(-n2c(C)cc(C(=O)NC(C)c3ccccc3C)c2C)no1. The molecule has 5 nitrogen and oxygen atoms in total. The number of nitrogens with one attached hydrogen (secondary N) is 1. The van der Waals surface area contributed by atoms with Crippen LogP contribution >= 0.6 is 0 Å². The molecule has 25 heavy (non-hydrogen) atoms. The van der Waals surface area contributed by atoms with E-state index in [0.29, 0.717) is 11.4 Å². The van der Waals surface area contributed by atoms with Crippen molar-refractivity contribution in [1.82, 2.24) is 15.0 Å². The van der Waals surface area contributed by atoms with Gasteiger partial charge in [-0.15, -0.1) is 0 Å². The van der Waals surface area contributed by atoms with Gasteiger partial charge in [0.05, 0.1) is 11.6 Å². The number of carbonyl (C=O) groups excluding carboxylic acids is 1. The number of rotatable bonds is 4. The normalized spacial score (nSPS) is 12.2. The van der Waals surface area contributed by atoms with Gasteiger partial charge in [-0.1, -0.05) is 29.4 Å². The van der Waals surface area contributed by atoms with Crippen LogP contribution in [-0.2, 0) is 0 Å². The topological polar surface area (TPSA) is 60.1 Å². The summed E-state index contributed by atoms with van der Waals surface area (Å²) in [5.41, 5.74) is 4.73. The predicted octanol–water partition coefficient (Wildman–Crippen LogP) is 4.19. The second kappa shape index (κ2) is 6.59. The Morgan fingerprint density at radius 1 is 1.16 bits per heavy atom. The summed E-state index contributed by atoms with van der Waals surface area (Å²) in [6, 6.07) is 11.8. The van der Waals surface area contributed by atoms with E-state index in [1.165, 1.54) is 5.56 Å². The quantitative estimate of drug-likeness (QED) is 0.776. The molecule has 5 heteroatoms. The van der Waals surface area contributed by atoms with Crippen LogP contribution in [0.15, 0.2) is 40.9 Å². The van der Waals surface area contributed by atoms with Crippen LogP contribution in [0.2, 0.25) is 0 Å². The maximum atomic E-state index is 12.8. The molecule has 3 rings (SSSR count). The van der Waals surface area contributed by atoms with Crippen molar-refractivity contribution < 1.29 is 9.32 Å². The summed E-state index contributed by atoms with van der Waals surface area (Å²) in [5, 5.41) is 7.15. The Morgan fingerprint density at radius 2 is 1.88 bits per heavy atom. The van der Waals surface area contributed by atoms with E-state index in [0.717, 1.165) is 22.7 Å². The molecule has 0 fully saturated rings. The highest BCUT2D eigenvalue weighted by Crippen LogP contribution is 2.22. The standard InChI is InChI=1S/C20H23N3O2/c1-12-8-6-7-9-17(12)15(4)21-20(24)18-10-13(2)23(16(18)5)19-11-14(3)25-22-19/h6-11,15H,1-5H3,(H,21,24). The smallest absolute Gasteiger partial charge is 0.253 e. The molecule has 1 atom stereocenters. The van der Waals surface area contributed by atoms with Gasteiger partial charge in [-0.05, 0) is 51.8 Å². The van der Waals surface area contributed by atoms with Crippen molar-refractivity contribution in [1.29, 1.82) is 0 Å². The van der Waals surface area contributed by atoms with Crippen molar-refractivity contribution in [3.05, 3.63) is 70.2 Å². The van der Waals surface area contributed by atoms with Gasteiger partial charge in [0.25, 0.3) is 5.91 Å². The van der Waals surface area contributed by atoms with E-state index in [1.54, 1.807) is 0 Å². The van der Waals surface area contributed by atoms with Crippen LogP contribution < -0.4 is 5.32 Å². The lowest BCUT2D eigenvalue weighted by Gasteiger charge is -2.16. The maximum absolute atomic E-state index is 12.8. The molecule has 0 saturated heterocycles. The molecule has 0 spiro atoms. The molecule has 0 aliphatic heterocycles. The van der Waals surface area contributed by atoms with E-state index in [2.05, 4.69) is 23.5 Å². The molecular weight excluding hydrogens is 314 g/mol. The van der Waals surface area contributed by atoms with Gasteiger partial charge < -0.3 is 9.84 Å². The molecule has 0 aliphatic rings. The van der Waals surface area contributed by atoms with Gasteiger partial charge in [-0.25, -0.2) is 0 Å². The Morgan fingerprint density at radius 3 is 2.52 bits per heavy atom. The van der Waals surface area contributed by atoms with Gasteiger partial charge in [0.2, 0.25) is 0 Å². The fourth-order valence-electron chi connectivity index (χ4n) is 3.23. The Labute approximate surface area is 147 Å². The second-order valence-electron chi connectivity index (χ2n) is 6.47. The van der Waals surface area contributed by atoms with Crippen LogP contribution in [-0.4, -0.2) is 15.6 Å². The lowest BCUT2D eigenvalue weighted by atomic mass is 10.0. The highest BCUT2D eigenvalue weighted by atomic mass is 16.5. The molecule has 1 unspecified atom stereocenters. The predicted molar refractivity (Wildman–Crippen MR) is 97.1 cm³/mol. The van der Waals surface area contributed by atoms with Gasteiger partial charge >= 0.3 is 0 Å². The molecule has 1 N–H and O–H groups in total. The molecular formula is C20H23N3O2. The van der Waals surface area contributed by atoms with E-state index in [1.807, 2.05) is 62.6 Å². The maximum Gasteiger partial charge on any atom is 0.253 e. The molecule has 0 saturated carbocycles. The summed E-state index contributed by atoms with van der Waals surface area (Å²) in [7, 11) is 0. The number of hydrogen-bond acceptors (Lipinski definition) is 3. The molecule has 0 radical (unpaired) electrons. The van der Waals surface area contributed by atoms with E-state index in [4.69, 9.17) is 4.52 Å². The molecule has 0 aliphatic carbocycles. The Hall–Kier alpha value is -2.82. The minimum atomic E-state index is -0.0877. The zero-order valence-electron chi connectivity index (χ0n) is 15.3. The summed E-state index contributed by atoms with van der Waals surface area (Å²) in [6.07, 6.45) is 0. The van der Waals surface area contributed by atoms with Crippen LogP contribution in [0.1, 0.15) is 51.6 Å². The number of aromatic nitrogens is 2. The van der Waals surface area contributed by atoms with E-state index >= 15 is 0 Å². The zero-order valence-corrected chi connectivity index (χ0v) is 15.3. The van der Waals surface area contributed by atoms with Crippen molar-refractivity contribution in [2.24, 2.45) is 0 Å². The molecule has 1 amide bonds. The molecule has 2 aromatic heterocycles. The van der Waals surface area contributed by atoms with E-state index < -0.39 is 0 Å². The van der Waals surface area contributed by atoms with Crippen LogP contribution in [0.25, 0.3) is 5.82 Å². The van der Waals surface area contributed by atoms with Gasteiger partial charge in [-0.3, -0.25) is 9.36 Å². The highest BCUT2D eigenvalue weighted by Gasteiger charge is 2.20. The van der Waals surface area contributed by atoms with Gasteiger partial charge in [0.15, 0.2) is 5.82 Å². The van der Waals surface area contributed by atoms with Crippen LogP contribution in [0.5, 0.6) is 0 Å². The first kappa shape index (κ1) is 17.0. The first-order valence-electron chi connectivity index (χ1n) is 8.37. The van der Waals surface area contributed by atoms with Crippen molar-refractivity contribution in [3.8, 4) is 5.82 Å². The molecule has 1 aromatic carbocycles. The van der Waals surface area contributed by atoms with Crippen LogP contribution in [0, 0.1) is 27.7 Å². The number of benzene rings is 1. The Bertz CT molecular complexity index is 921. The van der Waals surface area contributed by atoms with Crippen molar-refractivity contribution in [2.75, 3.05) is 0 Å². The summed E-state index contributed by atoms with van der Waals surface area (Å²) in [5.74, 6) is 1.34. The van der Waals surface area contributed by atoms with Gasteiger partial charge in [0, 0.05) is 17.5 Å². The van der Waals surface area contributed by atoms with E-state index in [9.17, 15) is 4.79 Å². The lowest BCUT2D eigenvalue weighted by Crippen LogP contribution is -2.27. The average molecular weight is 337 g/mol. The summed E-state index contributed by atoms with van der Waals surface area (Å²) < 4.78 is 7.10. The third-order valence-electron chi connectivity index (χ3n) is 4.52. The summed E-state index contributed by atoms with van der Waals surface area (Å²) >= 11 is 0. The zero-order chi connectivity index (χ0) is 18.1. The Kier molecular flexibility index (Phi) is 4.49. The second-order valence-corrected chi connectivity index (χ2v) is 6.47. The average Bonchev–Trinajstić information content (AvgIpc) is 3.10. The third-order valence-corrected chi connectivity index (χ3v) is 4.52. The van der Waals surface area contributed by atoms with Crippen LogP contribution in [0.3, 0.4) is 0 Å². The number of nitrogens with zero attached hydrogens (tertiary/aromatic N) is 2. The molecule has 130 valence electrons. The van der Waals surface area contributed by atoms with Gasteiger partial charge in [0.1, 0.15) is 5.76 Å². The Balaban J connectivity index is 1.87. The van der Waals surface area contributed by atoms with Gasteiger partial charge in [-0.2, -0.15) is 0 Å². The molecule has 0 bridgehead atoms. The minimum absolute atomic E-state index is 0.0638. The first-order chi connectivity index (χ1) is 11.9. The van der Waals surface area contributed by atoms with Crippen molar-refractivity contribution >= 4 is 5.91 Å². The number of amides is 1.